The zero-order valence-electron chi connectivity index (χ0n) is 12.4. The van der Waals surface area contributed by atoms with Gasteiger partial charge in [0.15, 0.2) is 0 Å². The predicted octanol–water partition coefficient (Wildman–Crippen LogP) is 3.63. The molecule has 0 fully saturated rings. The predicted molar refractivity (Wildman–Crippen MR) is 83.8 cm³/mol. The molecular formula is C16H17BrF3NO2. The van der Waals surface area contributed by atoms with Crippen molar-refractivity contribution < 1.29 is 23.1 Å². The van der Waals surface area contributed by atoms with Crippen molar-refractivity contribution in [3.8, 4) is 11.8 Å². The molecule has 1 atom stereocenters. The van der Waals surface area contributed by atoms with Gasteiger partial charge in [-0.1, -0.05) is 34.2 Å². The molecule has 3 nitrogen and oxygen atoms in total. The molecule has 0 aliphatic carbocycles. The van der Waals surface area contributed by atoms with Gasteiger partial charge in [-0.25, -0.2) is 0 Å². The number of aliphatic hydroxyl groups excluding tert-OH is 1. The topological polar surface area (TPSA) is 42.2 Å². The molecule has 7 heteroatoms. The lowest BCUT2D eigenvalue weighted by Gasteiger charge is -2.17. The number of ketones is 1. The van der Waals surface area contributed by atoms with Gasteiger partial charge in [0, 0.05) is 30.3 Å². The molecule has 2 rings (SSSR count). The van der Waals surface area contributed by atoms with E-state index >= 15 is 0 Å². The molecule has 0 bridgehead atoms. The largest absolute Gasteiger partial charge is 0.456 e. The second-order valence-electron chi connectivity index (χ2n) is 5.45. The number of aliphatic hydroxyl groups is 1. The number of carbonyl (C=O) groups is 1. The molecule has 0 spiro atoms. The minimum atomic E-state index is -4.91. The fourth-order valence-corrected chi connectivity index (χ4v) is 3.18. The van der Waals surface area contributed by atoms with Crippen molar-refractivity contribution in [3.05, 3.63) is 23.0 Å². The van der Waals surface area contributed by atoms with Gasteiger partial charge >= 0.3 is 6.18 Å². The van der Waals surface area contributed by atoms with Gasteiger partial charge in [0.2, 0.25) is 0 Å². The number of Topliss-reactive ketones (excluding diaryl/α,β-unsaturated/α-hetero) is 1. The Labute approximate surface area is 141 Å². The van der Waals surface area contributed by atoms with Crippen molar-refractivity contribution in [2.24, 2.45) is 0 Å². The highest BCUT2D eigenvalue weighted by atomic mass is 79.9. The summed E-state index contributed by atoms with van der Waals surface area (Å²) in [5.74, 6) is 3.71. The maximum absolute atomic E-state index is 12.9. The fraction of sp³-hybridized carbons (Fsp3) is 0.562. The summed E-state index contributed by atoms with van der Waals surface area (Å²) in [4.78, 5) is 11.7. The molecule has 1 aliphatic heterocycles. The molecule has 1 N–H and O–H groups in total. The summed E-state index contributed by atoms with van der Waals surface area (Å²) < 4.78 is 40.1. The smallest absolute Gasteiger partial charge is 0.396 e. The molecule has 1 aromatic heterocycles. The van der Waals surface area contributed by atoms with Crippen molar-refractivity contribution in [2.75, 3.05) is 11.9 Å². The number of nitrogens with zero attached hydrogens (tertiary/aromatic N) is 1. The zero-order valence-corrected chi connectivity index (χ0v) is 14.0. The standard InChI is InChI=1S/C16H17BrF3NO2/c17-7-3-5-12-10-13(15(23)16(18,19)20)21-8-2-1-4-11(6-9-22)14(12)21/h10-11,22H,1-2,4,6-9H2/t11-/m1/s1. The lowest BCUT2D eigenvalue weighted by Crippen LogP contribution is -2.26. The molecule has 2 heterocycles. The monoisotopic (exact) mass is 391 g/mol. The lowest BCUT2D eigenvalue weighted by molar-refractivity contribution is -0.0890. The van der Waals surface area contributed by atoms with Crippen molar-refractivity contribution in [1.29, 1.82) is 0 Å². The summed E-state index contributed by atoms with van der Waals surface area (Å²) in [7, 11) is 0. The van der Waals surface area contributed by atoms with E-state index in [4.69, 9.17) is 0 Å². The Morgan fingerprint density at radius 2 is 2.17 bits per heavy atom. The van der Waals surface area contributed by atoms with E-state index in [9.17, 15) is 23.1 Å². The molecular weight excluding hydrogens is 375 g/mol. The van der Waals surface area contributed by atoms with Gasteiger partial charge < -0.3 is 9.67 Å². The van der Waals surface area contributed by atoms with Crippen molar-refractivity contribution in [2.45, 2.75) is 44.3 Å². The Bertz CT molecular complexity index is 640. The average Bonchev–Trinajstić information content (AvgIpc) is 2.71. The Balaban J connectivity index is 2.60. The van der Waals surface area contributed by atoms with Gasteiger partial charge in [-0.15, -0.1) is 0 Å². The molecule has 126 valence electrons. The van der Waals surface area contributed by atoms with E-state index in [1.165, 1.54) is 10.6 Å². The van der Waals surface area contributed by atoms with Gasteiger partial charge in [-0.2, -0.15) is 13.2 Å². The van der Waals surface area contributed by atoms with Crippen molar-refractivity contribution in [3.63, 3.8) is 0 Å². The van der Waals surface area contributed by atoms with Crippen LogP contribution in [0.25, 0.3) is 0 Å². The first-order chi connectivity index (χ1) is 10.9. The molecule has 0 unspecified atom stereocenters. The van der Waals surface area contributed by atoms with E-state index in [0.717, 1.165) is 12.8 Å². The summed E-state index contributed by atoms with van der Waals surface area (Å²) >= 11 is 3.16. The molecule has 0 saturated heterocycles. The van der Waals surface area contributed by atoms with Gasteiger partial charge in [-0.3, -0.25) is 4.79 Å². The lowest BCUT2D eigenvalue weighted by atomic mass is 9.94. The van der Waals surface area contributed by atoms with Crippen LogP contribution in [-0.2, 0) is 6.54 Å². The van der Waals surface area contributed by atoms with Crippen LogP contribution in [0.15, 0.2) is 6.07 Å². The summed E-state index contributed by atoms with van der Waals surface area (Å²) in [6, 6.07) is 1.25. The third kappa shape index (κ3) is 3.99. The highest BCUT2D eigenvalue weighted by Crippen LogP contribution is 2.35. The van der Waals surface area contributed by atoms with E-state index < -0.39 is 12.0 Å². The third-order valence-electron chi connectivity index (χ3n) is 3.97. The number of carbonyl (C=O) groups excluding carboxylic acids is 1. The fourth-order valence-electron chi connectivity index (χ4n) is 3.04. The van der Waals surface area contributed by atoms with Crippen LogP contribution in [0.2, 0.25) is 0 Å². The first-order valence-corrected chi connectivity index (χ1v) is 8.53. The van der Waals surface area contributed by atoms with Gasteiger partial charge in [0.25, 0.3) is 5.78 Å². The van der Waals surface area contributed by atoms with Crippen LogP contribution in [0.1, 0.15) is 53.3 Å². The number of hydrogen-bond acceptors (Lipinski definition) is 2. The summed E-state index contributed by atoms with van der Waals surface area (Å²) in [6.45, 7) is 0.314. The third-order valence-corrected chi connectivity index (χ3v) is 4.25. The van der Waals surface area contributed by atoms with Crippen LogP contribution in [0.3, 0.4) is 0 Å². The normalized spacial score (nSPS) is 17.9. The second kappa shape index (κ2) is 7.54. The molecule has 23 heavy (non-hydrogen) atoms. The van der Waals surface area contributed by atoms with E-state index in [1.54, 1.807) is 0 Å². The maximum Gasteiger partial charge on any atom is 0.456 e. The molecule has 0 radical (unpaired) electrons. The Hall–Kier alpha value is -1.26. The van der Waals surface area contributed by atoms with Crippen molar-refractivity contribution >= 4 is 21.7 Å². The van der Waals surface area contributed by atoms with Crippen LogP contribution in [0, 0.1) is 11.8 Å². The van der Waals surface area contributed by atoms with Crippen LogP contribution in [0.4, 0.5) is 13.2 Å². The Morgan fingerprint density at radius 3 is 2.78 bits per heavy atom. The van der Waals surface area contributed by atoms with E-state index in [2.05, 4.69) is 27.8 Å². The Kier molecular flexibility index (Phi) is 5.93. The van der Waals surface area contributed by atoms with Crippen LogP contribution in [0.5, 0.6) is 0 Å². The van der Waals surface area contributed by atoms with Gasteiger partial charge in [0.1, 0.15) is 0 Å². The zero-order chi connectivity index (χ0) is 17.0. The number of fused-ring (bicyclic) bond motifs is 1. The van der Waals surface area contributed by atoms with Crippen LogP contribution in [-0.4, -0.2) is 33.6 Å². The SMILES string of the molecule is O=C(c1cc(C#CCBr)c2n1CCCC[C@@H]2CCO)C(F)(F)F. The highest BCUT2D eigenvalue weighted by Gasteiger charge is 2.42. The van der Waals surface area contributed by atoms with Gasteiger partial charge in [0.05, 0.1) is 11.0 Å². The van der Waals surface area contributed by atoms with Gasteiger partial charge in [-0.05, 0) is 25.3 Å². The molecule has 1 aliphatic rings. The number of rotatable bonds is 3. The number of aromatic nitrogens is 1. The number of halogens is 4. The maximum atomic E-state index is 12.9. The summed E-state index contributed by atoms with van der Waals surface area (Å²) in [5, 5.41) is 9.64. The molecule has 0 amide bonds. The molecule has 0 saturated carbocycles. The van der Waals surface area contributed by atoms with E-state index in [-0.39, 0.29) is 18.2 Å². The summed E-state index contributed by atoms with van der Waals surface area (Å²) in [5.41, 5.74) is 0.756. The minimum Gasteiger partial charge on any atom is -0.396 e. The average molecular weight is 392 g/mol. The first-order valence-electron chi connectivity index (χ1n) is 7.40. The first kappa shape index (κ1) is 18.1. The highest BCUT2D eigenvalue weighted by molar-refractivity contribution is 9.09. The second-order valence-corrected chi connectivity index (χ2v) is 6.01. The minimum absolute atomic E-state index is 0.0519. The number of alkyl halides is 4. The van der Waals surface area contributed by atoms with E-state index in [1.807, 2.05) is 0 Å². The van der Waals surface area contributed by atoms with Crippen molar-refractivity contribution in [1.82, 2.24) is 4.57 Å². The summed E-state index contributed by atoms with van der Waals surface area (Å²) in [6.07, 6.45) is -2.14. The Morgan fingerprint density at radius 1 is 1.43 bits per heavy atom. The van der Waals surface area contributed by atoms with E-state index in [0.29, 0.717) is 36.0 Å². The van der Waals surface area contributed by atoms with Crippen LogP contribution < -0.4 is 0 Å². The quantitative estimate of drug-likeness (QED) is 0.485. The number of hydrogen-bond donors (Lipinski definition) is 1. The molecule has 0 aromatic carbocycles. The molecule has 1 aromatic rings. The van der Waals surface area contributed by atoms with Crippen LogP contribution >= 0.6 is 15.9 Å².